The summed E-state index contributed by atoms with van der Waals surface area (Å²) in [6.45, 7) is 7.20. The molecule has 8 heteroatoms. The second-order valence-corrected chi connectivity index (χ2v) is 6.68. The van der Waals surface area contributed by atoms with Crippen LogP contribution in [0.1, 0.15) is 66.2 Å². The zero-order valence-corrected chi connectivity index (χ0v) is 14.9. The molecule has 0 spiro atoms. The predicted octanol–water partition coefficient (Wildman–Crippen LogP) is 2.98. The molecule has 8 nitrogen and oxygen atoms in total. The molecule has 0 radical (unpaired) electrons. The van der Waals surface area contributed by atoms with Gasteiger partial charge in [-0.3, -0.25) is 14.9 Å². The highest BCUT2D eigenvalue weighted by Crippen LogP contribution is 2.25. The van der Waals surface area contributed by atoms with Crippen LogP contribution in [0, 0.1) is 21.4 Å². The van der Waals surface area contributed by atoms with Crippen molar-refractivity contribution in [2.75, 3.05) is 6.54 Å². The van der Waals surface area contributed by atoms with Crippen molar-refractivity contribution < 1.29 is 19.2 Å². The molecule has 0 fully saturated rings. The van der Waals surface area contributed by atoms with Gasteiger partial charge in [-0.05, 0) is 33.6 Å². The summed E-state index contributed by atoms with van der Waals surface area (Å²) in [6, 6.07) is 1.75. The summed E-state index contributed by atoms with van der Waals surface area (Å²) in [5, 5.41) is 22.9. The lowest BCUT2D eigenvalue weighted by Crippen LogP contribution is -2.47. The van der Waals surface area contributed by atoms with Crippen LogP contribution in [-0.2, 0) is 9.53 Å². The molecule has 0 aromatic heterocycles. The van der Waals surface area contributed by atoms with Crippen LogP contribution in [0.3, 0.4) is 0 Å². The van der Waals surface area contributed by atoms with Crippen molar-refractivity contribution in [3.63, 3.8) is 0 Å². The average Bonchev–Trinajstić information content (AvgIpc) is 2.45. The van der Waals surface area contributed by atoms with Crippen LogP contribution in [0.4, 0.5) is 4.79 Å². The Morgan fingerprint density at radius 1 is 1.29 bits per heavy atom. The minimum Gasteiger partial charge on any atom is -0.444 e. The number of nitrogens with zero attached hydrogens (tertiary/aromatic N) is 2. The predicted molar refractivity (Wildman–Crippen MR) is 88.0 cm³/mol. The summed E-state index contributed by atoms with van der Waals surface area (Å²) in [5.74, 6) is -0.520. The molecule has 0 aliphatic carbocycles. The first kappa shape index (κ1) is 21.8. The number of hydrogen-bond donors (Lipinski definition) is 1. The molecule has 1 N–H and O–H groups in total. The molecule has 1 atom stereocenters. The Bertz CT molecular complexity index is 493. The van der Waals surface area contributed by atoms with Gasteiger partial charge < -0.3 is 10.1 Å². The number of unbranched alkanes of at least 4 members (excludes halogenated alkanes) is 1. The summed E-state index contributed by atoms with van der Waals surface area (Å²) in [6.07, 6.45) is 0.411. The molecule has 0 heterocycles. The molecule has 0 bridgehead atoms. The van der Waals surface area contributed by atoms with Crippen molar-refractivity contribution in [1.29, 1.82) is 5.26 Å². The van der Waals surface area contributed by atoms with Gasteiger partial charge in [-0.15, -0.1) is 0 Å². The lowest BCUT2D eigenvalue weighted by molar-refractivity contribution is -0.552. The van der Waals surface area contributed by atoms with Crippen LogP contribution in [0.25, 0.3) is 0 Å². The second kappa shape index (κ2) is 9.85. The maximum atomic E-state index is 12.3. The van der Waals surface area contributed by atoms with Gasteiger partial charge in [-0.2, -0.15) is 5.26 Å². The van der Waals surface area contributed by atoms with Gasteiger partial charge in [-0.1, -0.05) is 13.3 Å². The lowest BCUT2D eigenvalue weighted by Gasteiger charge is -2.22. The molecule has 0 aliphatic rings. The third kappa shape index (κ3) is 7.40. The second-order valence-electron chi connectivity index (χ2n) is 6.68. The third-order valence-corrected chi connectivity index (χ3v) is 3.43. The van der Waals surface area contributed by atoms with Crippen molar-refractivity contribution in [1.82, 2.24) is 5.32 Å². The largest absolute Gasteiger partial charge is 0.444 e. The number of Topliss-reactive ketones (excluding diaryl/α,β-unsaturated/α-hetero) is 1. The van der Waals surface area contributed by atoms with E-state index in [0.29, 0.717) is 6.42 Å². The van der Waals surface area contributed by atoms with Gasteiger partial charge >= 0.3 is 6.09 Å². The topological polar surface area (TPSA) is 122 Å². The van der Waals surface area contributed by atoms with Crippen LogP contribution >= 0.6 is 0 Å². The number of carbonyl (C=O) groups is 2. The van der Waals surface area contributed by atoms with E-state index in [0.717, 1.165) is 6.42 Å². The molecule has 0 saturated carbocycles. The average molecular weight is 341 g/mol. The summed E-state index contributed by atoms with van der Waals surface area (Å²) < 4.78 is 5.06. The first-order valence-electron chi connectivity index (χ1n) is 8.10. The first-order chi connectivity index (χ1) is 11.1. The molecule has 24 heavy (non-hydrogen) atoms. The van der Waals surface area contributed by atoms with E-state index in [2.05, 4.69) is 5.32 Å². The molecule has 0 aromatic rings. The molecular weight excluding hydrogens is 314 g/mol. The van der Waals surface area contributed by atoms with Gasteiger partial charge in [0.15, 0.2) is 0 Å². The number of rotatable bonds is 10. The van der Waals surface area contributed by atoms with Crippen LogP contribution in [0.5, 0.6) is 0 Å². The summed E-state index contributed by atoms with van der Waals surface area (Å²) in [5.41, 5.74) is -2.52. The van der Waals surface area contributed by atoms with E-state index in [-0.39, 0.29) is 25.8 Å². The summed E-state index contributed by atoms with van der Waals surface area (Å²) in [4.78, 5) is 34.6. The van der Waals surface area contributed by atoms with Crippen LogP contribution in [0.2, 0.25) is 0 Å². The van der Waals surface area contributed by atoms with E-state index in [1.807, 2.05) is 6.92 Å². The fourth-order valence-corrected chi connectivity index (χ4v) is 2.17. The van der Waals surface area contributed by atoms with Crippen molar-refractivity contribution >= 4 is 11.9 Å². The molecule has 0 aromatic carbocycles. The number of ketones is 1. The van der Waals surface area contributed by atoms with E-state index < -0.39 is 34.4 Å². The molecule has 1 amide bonds. The maximum absolute atomic E-state index is 12.3. The Balaban J connectivity index is 4.74. The number of nitro groups is 1. The number of carbonyl (C=O) groups excluding carboxylic acids is 2. The van der Waals surface area contributed by atoms with E-state index in [1.165, 1.54) is 0 Å². The van der Waals surface area contributed by atoms with Gasteiger partial charge in [0.2, 0.25) is 5.78 Å². The third-order valence-electron chi connectivity index (χ3n) is 3.43. The fourth-order valence-electron chi connectivity index (χ4n) is 2.17. The zero-order chi connectivity index (χ0) is 18.8. The number of amides is 1. The van der Waals surface area contributed by atoms with Crippen LogP contribution in [0.15, 0.2) is 0 Å². The fraction of sp³-hybridized carbons (Fsp3) is 0.812. The highest BCUT2D eigenvalue weighted by Gasteiger charge is 2.49. The lowest BCUT2D eigenvalue weighted by atomic mass is 9.84. The minimum atomic E-state index is -1.89. The molecule has 0 rings (SSSR count). The molecule has 0 saturated heterocycles. The molecular formula is C16H27N3O5. The van der Waals surface area contributed by atoms with Crippen molar-refractivity contribution in [3.05, 3.63) is 10.1 Å². The van der Waals surface area contributed by atoms with Gasteiger partial charge in [0, 0.05) is 24.3 Å². The Labute approximate surface area is 142 Å². The maximum Gasteiger partial charge on any atom is 0.407 e. The Morgan fingerprint density at radius 2 is 1.92 bits per heavy atom. The van der Waals surface area contributed by atoms with E-state index in [1.54, 1.807) is 26.8 Å². The SMILES string of the molecule is CCCCC(=O)C(CC#N)(CCCNC(=O)OC(C)(C)C)[N+](=O)[O-]. The van der Waals surface area contributed by atoms with Crippen molar-refractivity contribution in [2.24, 2.45) is 0 Å². The number of alkyl carbamates (subject to hydrolysis) is 1. The zero-order valence-electron chi connectivity index (χ0n) is 14.9. The van der Waals surface area contributed by atoms with Crippen molar-refractivity contribution in [2.45, 2.75) is 77.4 Å². The van der Waals surface area contributed by atoms with Gasteiger partial charge in [0.1, 0.15) is 12.0 Å². The minimum absolute atomic E-state index is 0.0820. The van der Waals surface area contributed by atoms with Crippen molar-refractivity contribution in [3.8, 4) is 6.07 Å². The van der Waals surface area contributed by atoms with Gasteiger partial charge in [0.25, 0.3) is 5.54 Å². The first-order valence-corrected chi connectivity index (χ1v) is 8.10. The summed E-state index contributed by atoms with van der Waals surface area (Å²) in [7, 11) is 0. The van der Waals surface area contributed by atoms with E-state index >= 15 is 0 Å². The Morgan fingerprint density at radius 3 is 2.38 bits per heavy atom. The number of nitrogens with one attached hydrogen (secondary N) is 1. The van der Waals surface area contributed by atoms with E-state index in [4.69, 9.17) is 10.00 Å². The molecule has 0 aliphatic heterocycles. The highest BCUT2D eigenvalue weighted by atomic mass is 16.6. The Kier molecular flexibility index (Phi) is 8.96. The summed E-state index contributed by atoms with van der Waals surface area (Å²) >= 11 is 0. The smallest absolute Gasteiger partial charge is 0.407 e. The quantitative estimate of drug-likeness (QED) is 0.370. The number of hydrogen-bond acceptors (Lipinski definition) is 6. The number of ether oxygens (including phenoxy) is 1. The monoisotopic (exact) mass is 341 g/mol. The van der Waals surface area contributed by atoms with Gasteiger partial charge in [0.05, 0.1) is 6.07 Å². The van der Waals surface area contributed by atoms with Crippen LogP contribution in [-0.4, -0.2) is 34.5 Å². The molecule has 1 unspecified atom stereocenters. The van der Waals surface area contributed by atoms with Crippen LogP contribution < -0.4 is 5.32 Å². The highest BCUT2D eigenvalue weighted by molar-refractivity contribution is 5.87. The standard InChI is InChI=1S/C16H27N3O5/c1-5-6-8-13(20)16(10-11-17,19(22)23)9-7-12-18-14(21)24-15(2,3)4/h5-10,12H2,1-4H3,(H,18,21). The Hall–Kier alpha value is -2.17. The van der Waals surface area contributed by atoms with E-state index in [9.17, 15) is 19.7 Å². The normalized spacial score (nSPS) is 13.5. The van der Waals surface area contributed by atoms with Gasteiger partial charge in [-0.25, -0.2) is 4.79 Å². The molecule has 136 valence electrons. The number of nitriles is 1.